The summed E-state index contributed by atoms with van der Waals surface area (Å²) in [5.41, 5.74) is 0.433. The first-order valence-electron chi connectivity index (χ1n) is 8.90. The Morgan fingerprint density at radius 3 is 2.30 bits per heavy atom. The predicted molar refractivity (Wildman–Crippen MR) is 112 cm³/mol. The number of amides is 2. The molecule has 0 bridgehead atoms. The molecule has 0 N–H and O–H groups in total. The minimum absolute atomic E-state index is 0.0903. The molecule has 8 nitrogen and oxygen atoms in total. The Morgan fingerprint density at radius 2 is 1.73 bits per heavy atom. The van der Waals surface area contributed by atoms with Crippen LogP contribution in [0.15, 0.2) is 17.0 Å². The Labute approximate surface area is 187 Å². The number of carbonyl (C=O) groups excluding carboxylic acids is 4. The normalized spacial score (nSPS) is 16.0. The largest absolute Gasteiger partial charge is 0.479 e. The van der Waals surface area contributed by atoms with Gasteiger partial charge in [0, 0.05) is 0 Å². The number of hydrogen-bond acceptors (Lipinski definition) is 8. The molecule has 2 rings (SSSR count). The van der Waals surface area contributed by atoms with E-state index >= 15 is 0 Å². The van der Waals surface area contributed by atoms with E-state index in [-0.39, 0.29) is 40.5 Å². The van der Waals surface area contributed by atoms with Crippen molar-refractivity contribution in [1.82, 2.24) is 4.90 Å². The number of imide groups is 1. The van der Waals surface area contributed by atoms with Crippen LogP contribution in [-0.2, 0) is 23.9 Å². The maximum absolute atomic E-state index is 12.6. The lowest BCUT2D eigenvalue weighted by molar-refractivity contribution is -0.150. The van der Waals surface area contributed by atoms with Gasteiger partial charge in [-0.1, -0.05) is 23.2 Å². The van der Waals surface area contributed by atoms with E-state index in [0.29, 0.717) is 17.3 Å². The monoisotopic (exact) mass is 475 g/mol. The summed E-state index contributed by atoms with van der Waals surface area (Å²) in [6.07, 6.45) is 1.43. The van der Waals surface area contributed by atoms with Crippen molar-refractivity contribution in [2.45, 2.75) is 26.8 Å². The Hall–Kier alpha value is -2.23. The van der Waals surface area contributed by atoms with Crippen molar-refractivity contribution in [2.75, 3.05) is 19.8 Å². The van der Waals surface area contributed by atoms with Crippen molar-refractivity contribution in [3.8, 4) is 5.75 Å². The van der Waals surface area contributed by atoms with Crippen LogP contribution in [0.2, 0.25) is 10.0 Å². The smallest absolute Gasteiger partial charge is 0.344 e. The minimum Gasteiger partial charge on any atom is -0.479 e. The van der Waals surface area contributed by atoms with E-state index in [1.54, 1.807) is 13.8 Å². The molecule has 2 amide bonds. The van der Waals surface area contributed by atoms with Crippen molar-refractivity contribution in [3.63, 3.8) is 0 Å². The van der Waals surface area contributed by atoms with Crippen molar-refractivity contribution in [1.29, 1.82) is 0 Å². The Balaban J connectivity index is 2.20. The molecule has 1 atom stereocenters. The number of hydrogen-bond donors (Lipinski definition) is 0. The molecule has 0 radical (unpaired) electrons. The Morgan fingerprint density at radius 1 is 1.13 bits per heavy atom. The van der Waals surface area contributed by atoms with Gasteiger partial charge in [0.25, 0.3) is 11.1 Å². The fourth-order valence-electron chi connectivity index (χ4n) is 2.47. The maximum Gasteiger partial charge on any atom is 0.344 e. The van der Waals surface area contributed by atoms with Gasteiger partial charge < -0.3 is 14.2 Å². The van der Waals surface area contributed by atoms with Crippen LogP contribution in [0, 0.1) is 0 Å². The van der Waals surface area contributed by atoms with Crippen LogP contribution in [0.3, 0.4) is 0 Å². The number of nitrogens with zero attached hydrogens (tertiary/aromatic N) is 1. The summed E-state index contributed by atoms with van der Waals surface area (Å²) in [6, 6.07) is 1.89. The van der Waals surface area contributed by atoms with E-state index in [1.165, 1.54) is 25.1 Å². The summed E-state index contributed by atoms with van der Waals surface area (Å²) in [5, 5.41) is -0.368. The first-order chi connectivity index (χ1) is 14.2. The van der Waals surface area contributed by atoms with Crippen molar-refractivity contribution in [3.05, 3.63) is 32.6 Å². The van der Waals surface area contributed by atoms with Crippen LogP contribution in [0.25, 0.3) is 6.08 Å². The van der Waals surface area contributed by atoms with Gasteiger partial charge in [0.1, 0.15) is 6.04 Å². The molecular formula is C19H19Cl2NO7S. The van der Waals surface area contributed by atoms with Crippen LogP contribution < -0.4 is 4.74 Å². The highest BCUT2D eigenvalue weighted by Gasteiger charge is 2.41. The second-order valence-corrected chi connectivity index (χ2v) is 7.69. The van der Waals surface area contributed by atoms with Gasteiger partial charge in [0.15, 0.2) is 12.4 Å². The SMILES string of the molecule is CCOC(=O)COc1c(Cl)cc(C=C2SC(=O)N(C(C)C(=O)OCC)C2=O)cc1Cl. The molecule has 1 fully saturated rings. The van der Waals surface area contributed by atoms with Gasteiger partial charge in [-0.3, -0.25) is 14.5 Å². The molecule has 1 aromatic carbocycles. The van der Waals surface area contributed by atoms with E-state index in [1.807, 2.05) is 0 Å². The molecule has 30 heavy (non-hydrogen) atoms. The van der Waals surface area contributed by atoms with Gasteiger partial charge in [-0.25, -0.2) is 9.59 Å². The number of carbonyl (C=O) groups is 4. The lowest BCUT2D eigenvalue weighted by atomic mass is 10.2. The van der Waals surface area contributed by atoms with Gasteiger partial charge >= 0.3 is 11.9 Å². The molecule has 1 aliphatic heterocycles. The van der Waals surface area contributed by atoms with Gasteiger partial charge in [0.2, 0.25) is 0 Å². The molecule has 1 aliphatic rings. The highest BCUT2D eigenvalue weighted by atomic mass is 35.5. The van der Waals surface area contributed by atoms with Crippen LogP contribution in [-0.4, -0.2) is 53.8 Å². The topological polar surface area (TPSA) is 99.2 Å². The van der Waals surface area contributed by atoms with Crippen molar-refractivity contribution in [2.24, 2.45) is 0 Å². The summed E-state index contributed by atoms with van der Waals surface area (Å²) < 4.78 is 14.9. The third-order valence-electron chi connectivity index (χ3n) is 3.80. The van der Waals surface area contributed by atoms with Crippen LogP contribution in [0.5, 0.6) is 5.75 Å². The predicted octanol–water partition coefficient (Wildman–Crippen LogP) is 3.92. The van der Waals surface area contributed by atoms with Gasteiger partial charge in [-0.2, -0.15) is 0 Å². The number of rotatable bonds is 8. The van der Waals surface area contributed by atoms with E-state index in [0.717, 1.165) is 4.90 Å². The molecule has 1 heterocycles. The molecular weight excluding hydrogens is 457 g/mol. The van der Waals surface area contributed by atoms with E-state index in [2.05, 4.69) is 0 Å². The molecule has 0 aliphatic carbocycles. The first-order valence-corrected chi connectivity index (χ1v) is 10.5. The fourth-order valence-corrected chi connectivity index (χ4v) is 3.99. The molecule has 0 aromatic heterocycles. The van der Waals surface area contributed by atoms with Crippen LogP contribution in [0.4, 0.5) is 4.79 Å². The van der Waals surface area contributed by atoms with Crippen LogP contribution >= 0.6 is 35.0 Å². The standard InChI is InChI=1S/C19H19Cl2NO7S/c1-4-27-15(23)9-29-16-12(20)6-11(7-13(16)21)8-14-17(24)22(19(26)30-14)10(3)18(25)28-5-2/h6-8,10H,4-5,9H2,1-3H3. The first kappa shape index (κ1) is 24.0. The maximum atomic E-state index is 12.6. The number of esters is 2. The van der Waals surface area contributed by atoms with Gasteiger partial charge in [-0.15, -0.1) is 0 Å². The third kappa shape index (κ3) is 5.68. The number of thioether (sulfide) groups is 1. The van der Waals surface area contributed by atoms with Crippen LogP contribution in [0.1, 0.15) is 26.3 Å². The highest BCUT2D eigenvalue weighted by molar-refractivity contribution is 8.18. The molecule has 1 unspecified atom stereocenters. The minimum atomic E-state index is -1.05. The summed E-state index contributed by atoms with van der Waals surface area (Å²) in [7, 11) is 0. The van der Waals surface area contributed by atoms with Crippen molar-refractivity contribution < 1.29 is 33.4 Å². The molecule has 0 saturated carbocycles. The quantitative estimate of drug-likeness (QED) is 0.411. The number of halogens is 2. The number of ether oxygens (including phenoxy) is 3. The van der Waals surface area contributed by atoms with E-state index < -0.39 is 29.1 Å². The molecule has 1 aromatic rings. The molecule has 11 heteroatoms. The van der Waals surface area contributed by atoms with E-state index in [4.69, 9.17) is 37.4 Å². The average Bonchev–Trinajstić information content (AvgIpc) is 2.94. The Bertz CT molecular complexity index is 880. The Kier molecular flexibility index (Phi) is 8.57. The summed E-state index contributed by atoms with van der Waals surface area (Å²) in [6.45, 7) is 4.70. The fraction of sp³-hybridized carbons (Fsp3) is 0.368. The lowest BCUT2D eigenvalue weighted by Crippen LogP contribution is -2.42. The number of benzene rings is 1. The van der Waals surface area contributed by atoms with Crippen molar-refractivity contribution >= 4 is 64.1 Å². The zero-order valence-corrected chi connectivity index (χ0v) is 18.7. The lowest BCUT2D eigenvalue weighted by Gasteiger charge is -2.19. The molecule has 162 valence electrons. The second kappa shape index (κ2) is 10.7. The highest BCUT2D eigenvalue weighted by Crippen LogP contribution is 2.38. The van der Waals surface area contributed by atoms with Gasteiger partial charge in [-0.05, 0) is 56.3 Å². The summed E-state index contributed by atoms with van der Waals surface area (Å²) >= 11 is 13.0. The molecule has 1 saturated heterocycles. The summed E-state index contributed by atoms with van der Waals surface area (Å²) in [4.78, 5) is 49.1. The average molecular weight is 476 g/mol. The van der Waals surface area contributed by atoms with Gasteiger partial charge in [0.05, 0.1) is 28.2 Å². The zero-order chi connectivity index (χ0) is 22.4. The summed E-state index contributed by atoms with van der Waals surface area (Å²) in [5.74, 6) is -1.78. The van der Waals surface area contributed by atoms with E-state index in [9.17, 15) is 19.2 Å². The third-order valence-corrected chi connectivity index (χ3v) is 5.24. The zero-order valence-electron chi connectivity index (χ0n) is 16.4. The molecule has 0 spiro atoms. The second-order valence-electron chi connectivity index (χ2n) is 5.89.